The van der Waals surface area contributed by atoms with Crippen molar-refractivity contribution in [2.75, 3.05) is 33.3 Å². The van der Waals surface area contributed by atoms with Crippen LogP contribution in [0.4, 0.5) is 11.4 Å². The molecule has 0 aromatic heterocycles. The van der Waals surface area contributed by atoms with Crippen molar-refractivity contribution < 1.29 is 38.2 Å². The fourth-order valence-corrected chi connectivity index (χ4v) is 4.34. The molecule has 0 saturated carbocycles. The third-order valence-electron chi connectivity index (χ3n) is 6.40. The molecule has 0 aliphatic carbocycles. The van der Waals surface area contributed by atoms with Crippen LogP contribution < -0.4 is 14.4 Å². The lowest BCUT2D eigenvalue weighted by Crippen LogP contribution is -2.46. The minimum absolute atomic E-state index is 0.108. The van der Waals surface area contributed by atoms with Crippen molar-refractivity contribution in [3.8, 4) is 11.5 Å². The number of hydrogen-bond acceptors (Lipinski definition) is 10. The predicted molar refractivity (Wildman–Crippen MR) is 149 cm³/mol. The molecule has 0 amide bonds. The summed E-state index contributed by atoms with van der Waals surface area (Å²) in [5.41, 5.74) is 1.34. The maximum absolute atomic E-state index is 13.4. The van der Waals surface area contributed by atoms with Gasteiger partial charge in [0.2, 0.25) is 0 Å². The second kappa shape index (κ2) is 12.8. The lowest BCUT2D eigenvalue weighted by atomic mass is 9.95. The minimum Gasteiger partial charge on any atom is -0.497 e. The third-order valence-corrected chi connectivity index (χ3v) is 6.40. The maximum atomic E-state index is 13.4. The van der Waals surface area contributed by atoms with Gasteiger partial charge in [0.1, 0.15) is 28.9 Å². The van der Waals surface area contributed by atoms with Crippen LogP contribution in [0.3, 0.4) is 0 Å². The summed E-state index contributed by atoms with van der Waals surface area (Å²) in [6, 6.07) is 19.6. The zero-order valence-corrected chi connectivity index (χ0v) is 22.8. The molecule has 0 saturated heterocycles. The van der Waals surface area contributed by atoms with Gasteiger partial charge in [-0.3, -0.25) is 10.1 Å². The van der Waals surface area contributed by atoms with Gasteiger partial charge in [-0.25, -0.2) is 9.59 Å². The van der Waals surface area contributed by atoms with Gasteiger partial charge >= 0.3 is 11.9 Å². The lowest BCUT2D eigenvalue weighted by molar-refractivity contribution is -0.384. The van der Waals surface area contributed by atoms with Crippen molar-refractivity contribution in [1.82, 2.24) is 0 Å². The Kier molecular flexibility index (Phi) is 9.00. The Balaban J connectivity index is 1.93. The molecule has 1 aliphatic rings. The number of carbonyl (C=O) groups excluding carboxylic acids is 2. The first-order valence-electron chi connectivity index (χ1n) is 12.4. The first-order valence-corrected chi connectivity index (χ1v) is 12.4. The highest BCUT2D eigenvalue weighted by molar-refractivity contribution is 6.04. The molecular formula is C30H28N2O9. The Morgan fingerprint density at radius 2 is 1.39 bits per heavy atom. The van der Waals surface area contributed by atoms with E-state index in [2.05, 4.69) is 0 Å². The zero-order valence-electron chi connectivity index (χ0n) is 22.8. The average molecular weight is 561 g/mol. The van der Waals surface area contributed by atoms with Gasteiger partial charge in [-0.2, -0.15) is 0 Å². The van der Waals surface area contributed by atoms with E-state index >= 15 is 0 Å². The summed E-state index contributed by atoms with van der Waals surface area (Å²) in [7, 11) is 5.49. The second-order valence-electron chi connectivity index (χ2n) is 8.70. The fraction of sp³-hybridized carbons (Fsp3) is 0.200. The van der Waals surface area contributed by atoms with Crippen molar-refractivity contribution in [3.63, 3.8) is 0 Å². The van der Waals surface area contributed by atoms with Gasteiger partial charge in [0, 0.05) is 17.8 Å². The van der Waals surface area contributed by atoms with Crippen LogP contribution in [0.5, 0.6) is 11.5 Å². The Morgan fingerprint density at radius 3 is 1.90 bits per heavy atom. The molecule has 1 aliphatic heterocycles. The molecule has 11 nitrogen and oxygen atoms in total. The molecule has 3 aromatic carbocycles. The van der Waals surface area contributed by atoms with Crippen molar-refractivity contribution in [2.45, 2.75) is 12.3 Å². The maximum Gasteiger partial charge on any atom is 0.355 e. The molecule has 0 spiro atoms. The smallest absolute Gasteiger partial charge is 0.355 e. The van der Waals surface area contributed by atoms with E-state index in [1.54, 1.807) is 55.7 Å². The van der Waals surface area contributed by atoms with Gasteiger partial charge in [0.05, 0.1) is 33.4 Å². The van der Waals surface area contributed by atoms with Gasteiger partial charge in [0.15, 0.2) is 6.23 Å². The fourth-order valence-electron chi connectivity index (χ4n) is 4.34. The third kappa shape index (κ3) is 6.20. The molecule has 0 N–H and O–H groups in total. The molecule has 212 valence electrons. The second-order valence-corrected chi connectivity index (χ2v) is 8.70. The predicted octanol–water partition coefficient (Wildman–Crippen LogP) is 4.83. The zero-order chi connectivity index (χ0) is 29.5. The van der Waals surface area contributed by atoms with E-state index in [1.807, 2.05) is 12.1 Å². The quantitative estimate of drug-likeness (QED) is 0.204. The molecule has 0 fully saturated rings. The van der Waals surface area contributed by atoms with Crippen LogP contribution in [0.1, 0.15) is 17.2 Å². The van der Waals surface area contributed by atoms with E-state index in [9.17, 15) is 19.7 Å². The van der Waals surface area contributed by atoms with Gasteiger partial charge in [-0.1, -0.05) is 18.2 Å². The molecule has 1 heterocycles. The van der Waals surface area contributed by atoms with E-state index in [-0.39, 0.29) is 17.0 Å². The summed E-state index contributed by atoms with van der Waals surface area (Å²) < 4.78 is 27.2. The number of nitro groups is 1. The number of hydrogen-bond donors (Lipinski definition) is 0. The normalized spacial score (nSPS) is 16.8. The molecule has 0 bridgehead atoms. The molecule has 3 aromatic rings. The van der Waals surface area contributed by atoms with Crippen LogP contribution in [0.25, 0.3) is 6.08 Å². The molecule has 41 heavy (non-hydrogen) atoms. The summed E-state index contributed by atoms with van der Waals surface area (Å²) in [5, 5.41) is 11.2. The lowest BCUT2D eigenvalue weighted by Gasteiger charge is -2.41. The molecule has 0 unspecified atom stereocenters. The summed E-state index contributed by atoms with van der Waals surface area (Å²) in [4.78, 5) is 38.8. The Hall–Kier alpha value is -5.16. The summed E-state index contributed by atoms with van der Waals surface area (Å²) >= 11 is 0. The van der Waals surface area contributed by atoms with Crippen molar-refractivity contribution >= 4 is 29.4 Å². The van der Waals surface area contributed by atoms with E-state index in [4.69, 9.17) is 23.7 Å². The number of methoxy groups -OCH3 is 4. The number of esters is 2. The minimum atomic E-state index is -1.13. The number of anilines is 1. The van der Waals surface area contributed by atoms with Crippen LogP contribution in [0.15, 0.2) is 90.1 Å². The highest BCUT2D eigenvalue weighted by Gasteiger charge is 2.43. The van der Waals surface area contributed by atoms with Crippen molar-refractivity contribution in [2.24, 2.45) is 0 Å². The van der Waals surface area contributed by atoms with Gasteiger partial charge < -0.3 is 28.6 Å². The number of ether oxygens (including phenoxy) is 5. The van der Waals surface area contributed by atoms with Crippen molar-refractivity contribution in [3.05, 3.63) is 111 Å². The molecule has 4 rings (SSSR count). The largest absolute Gasteiger partial charge is 0.497 e. The van der Waals surface area contributed by atoms with Crippen LogP contribution in [-0.2, 0) is 23.8 Å². The SMILES string of the molecule is COC(=O)C1=C(C(=O)OC)N(c2ccc(OC)cc2)[C@@H](/C=C/c2ccc(OC)cc2)O[C@H]1c1ccc([N+](=O)[O-])cc1. The summed E-state index contributed by atoms with van der Waals surface area (Å²) in [6.45, 7) is 0. The summed E-state index contributed by atoms with van der Waals surface area (Å²) in [6.07, 6.45) is 1.46. The molecule has 2 atom stereocenters. The van der Waals surface area contributed by atoms with Crippen LogP contribution in [0, 0.1) is 10.1 Å². The topological polar surface area (TPSA) is 127 Å². The Bertz CT molecular complexity index is 1460. The van der Waals surface area contributed by atoms with Crippen LogP contribution in [-0.4, -0.2) is 51.5 Å². The van der Waals surface area contributed by atoms with Crippen LogP contribution >= 0.6 is 0 Å². The Labute approximate surface area is 236 Å². The van der Waals surface area contributed by atoms with Gasteiger partial charge in [0.25, 0.3) is 5.69 Å². The number of nitro benzene ring substituents is 1. The van der Waals surface area contributed by atoms with E-state index in [0.29, 0.717) is 22.7 Å². The molecule has 11 heteroatoms. The molecule has 0 radical (unpaired) electrons. The number of benzene rings is 3. The number of nitrogens with zero attached hydrogens (tertiary/aromatic N) is 2. The first-order chi connectivity index (χ1) is 19.8. The monoisotopic (exact) mass is 560 g/mol. The highest BCUT2D eigenvalue weighted by Crippen LogP contribution is 2.41. The van der Waals surface area contributed by atoms with Gasteiger partial charge in [-0.15, -0.1) is 0 Å². The summed E-state index contributed by atoms with van der Waals surface area (Å²) in [5.74, 6) is -0.366. The van der Waals surface area contributed by atoms with E-state index in [1.165, 1.54) is 50.5 Å². The standard InChI is InChI=1S/C30H28N2O9/c1-37-23-14-5-19(6-15-23)7-18-25-31(21-12-16-24(38-2)17-13-21)27(30(34)40-4)26(29(33)39-3)28(41-25)20-8-10-22(11-9-20)32(35)36/h5-18,25,28H,1-4H3/b18-7+/t25-,28+/m1/s1. The first kappa shape index (κ1) is 28.8. The number of carbonyl (C=O) groups is 2. The highest BCUT2D eigenvalue weighted by atomic mass is 16.6. The van der Waals surface area contributed by atoms with Gasteiger partial charge in [-0.05, 0) is 65.7 Å². The van der Waals surface area contributed by atoms with E-state index in [0.717, 1.165) is 5.56 Å². The van der Waals surface area contributed by atoms with Crippen molar-refractivity contribution in [1.29, 1.82) is 0 Å². The number of rotatable bonds is 9. The Morgan fingerprint density at radius 1 is 0.829 bits per heavy atom. The van der Waals surface area contributed by atoms with Crippen LogP contribution in [0.2, 0.25) is 0 Å². The average Bonchev–Trinajstić information content (AvgIpc) is 3.02. The number of non-ortho nitro benzene ring substituents is 1. The van der Waals surface area contributed by atoms with E-state index < -0.39 is 29.2 Å². The molecular weight excluding hydrogens is 532 g/mol.